The average molecular weight is 554 g/mol. The number of nitrogens with one attached hydrogen (secondary N) is 1. The zero-order valence-corrected chi connectivity index (χ0v) is 22.5. The normalized spacial score (nSPS) is 23.5. The first-order valence-electron chi connectivity index (χ1n) is 13.0. The van der Waals surface area contributed by atoms with Gasteiger partial charge >= 0.3 is 6.03 Å². The van der Waals surface area contributed by atoms with E-state index in [1.807, 2.05) is 0 Å². The van der Waals surface area contributed by atoms with Gasteiger partial charge in [-0.15, -0.1) is 0 Å². The molecule has 2 atom stereocenters. The lowest BCUT2D eigenvalue weighted by molar-refractivity contribution is -0.133. The van der Waals surface area contributed by atoms with E-state index in [0.29, 0.717) is 54.9 Å². The van der Waals surface area contributed by atoms with E-state index in [-0.39, 0.29) is 35.6 Å². The minimum absolute atomic E-state index is 0.0221. The Morgan fingerprint density at radius 3 is 2.59 bits per heavy atom. The van der Waals surface area contributed by atoms with E-state index in [9.17, 15) is 23.9 Å². The van der Waals surface area contributed by atoms with Crippen LogP contribution in [0.3, 0.4) is 0 Å². The van der Waals surface area contributed by atoms with Crippen LogP contribution >= 0.6 is 11.6 Å². The third-order valence-electron chi connectivity index (χ3n) is 8.35. The molecule has 0 saturated carbocycles. The van der Waals surface area contributed by atoms with E-state index >= 15 is 0 Å². The molecule has 2 fully saturated rings. The highest BCUT2D eigenvalue weighted by molar-refractivity contribution is 6.31. The molecule has 3 aliphatic heterocycles. The van der Waals surface area contributed by atoms with Crippen LogP contribution in [0.4, 0.5) is 9.18 Å². The number of halogens is 2. The van der Waals surface area contributed by atoms with Crippen molar-refractivity contribution in [2.45, 2.75) is 31.8 Å². The summed E-state index contributed by atoms with van der Waals surface area (Å²) in [5.74, 6) is -0.785. The van der Waals surface area contributed by atoms with Crippen molar-refractivity contribution in [3.05, 3.63) is 64.1 Å². The van der Waals surface area contributed by atoms with E-state index < -0.39 is 23.4 Å². The summed E-state index contributed by atoms with van der Waals surface area (Å²) >= 11 is 6.14. The number of urea groups is 1. The number of amides is 4. The monoisotopic (exact) mass is 553 g/mol. The first kappa shape index (κ1) is 25.6. The van der Waals surface area contributed by atoms with Crippen LogP contribution in [0.2, 0.25) is 5.02 Å². The van der Waals surface area contributed by atoms with Crippen LogP contribution in [0.25, 0.3) is 10.9 Å². The van der Waals surface area contributed by atoms with Gasteiger partial charge in [-0.25, -0.2) is 9.18 Å². The Morgan fingerprint density at radius 2 is 1.90 bits per heavy atom. The molecule has 1 aromatic heterocycles. The zero-order chi connectivity index (χ0) is 27.6. The number of phenols is 1. The maximum absolute atomic E-state index is 14.3. The number of carbonyl (C=O) groups excluding carboxylic acids is 3. The molecule has 0 bridgehead atoms. The fraction of sp³-hybridized carbons (Fsp3) is 0.393. The highest BCUT2D eigenvalue weighted by Crippen LogP contribution is 2.49. The van der Waals surface area contributed by atoms with E-state index in [1.165, 1.54) is 11.0 Å². The number of H-pyrrole nitrogens is 1. The molecule has 2 saturated heterocycles. The smallest absolute Gasteiger partial charge is 0.328 e. The van der Waals surface area contributed by atoms with Gasteiger partial charge < -0.3 is 15.0 Å². The van der Waals surface area contributed by atoms with Crippen molar-refractivity contribution in [3.63, 3.8) is 0 Å². The van der Waals surface area contributed by atoms with E-state index in [0.717, 1.165) is 5.56 Å². The Bertz CT molecular complexity index is 1520. The number of aromatic nitrogens is 1. The van der Waals surface area contributed by atoms with Crippen LogP contribution in [0.15, 0.2) is 36.4 Å². The van der Waals surface area contributed by atoms with Crippen LogP contribution in [0, 0.1) is 5.82 Å². The summed E-state index contributed by atoms with van der Waals surface area (Å²) in [5.41, 5.74) is 1.42. The second-order valence-electron chi connectivity index (χ2n) is 10.7. The summed E-state index contributed by atoms with van der Waals surface area (Å²) < 4.78 is 14.3. The van der Waals surface area contributed by atoms with Crippen molar-refractivity contribution in [3.8, 4) is 5.75 Å². The predicted octanol–water partition coefficient (Wildman–Crippen LogP) is 3.50. The number of carbonyl (C=O) groups is 3. The minimum Gasteiger partial charge on any atom is -0.508 e. The highest BCUT2D eigenvalue weighted by atomic mass is 35.5. The van der Waals surface area contributed by atoms with Gasteiger partial charge in [0.25, 0.3) is 5.91 Å². The lowest BCUT2D eigenvalue weighted by Crippen LogP contribution is -2.53. The van der Waals surface area contributed by atoms with E-state index in [1.54, 1.807) is 54.0 Å². The summed E-state index contributed by atoms with van der Waals surface area (Å²) in [6, 6.07) is 8.37. The summed E-state index contributed by atoms with van der Waals surface area (Å²) in [5, 5.41) is 10.9. The van der Waals surface area contributed by atoms with Gasteiger partial charge in [-0.05, 0) is 42.3 Å². The topological polar surface area (TPSA) is 100 Å². The molecule has 4 heterocycles. The van der Waals surface area contributed by atoms with Crippen LogP contribution in [-0.2, 0) is 16.0 Å². The van der Waals surface area contributed by atoms with Crippen molar-refractivity contribution in [2.24, 2.45) is 0 Å². The Labute approximate surface area is 229 Å². The van der Waals surface area contributed by atoms with Gasteiger partial charge in [0, 0.05) is 69.2 Å². The molecule has 6 rings (SSSR count). The third kappa shape index (κ3) is 4.04. The average Bonchev–Trinajstić information content (AvgIpc) is 3.32. The molecule has 4 amide bonds. The second kappa shape index (κ2) is 9.24. The largest absolute Gasteiger partial charge is 0.508 e. The summed E-state index contributed by atoms with van der Waals surface area (Å²) in [6.07, 6.45) is 0.234. The molecular formula is C28H29ClFN5O4. The van der Waals surface area contributed by atoms with Crippen LogP contribution < -0.4 is 0 Å². The Kier molecular flexibility index (Phi) is 6.07. The third-order valence-corrected chi connectivity index (χ3v) is 8.64. The lowest BCUT2D eigenvalue weighted by atomic mass is 9.81. The fourth-order valence-corrected chi connectivity index (χ4v) is 6.44. The van der Waals surface area contributed by atoms with Crippen molar-refractivity contribution in [2.75, 3.05) is 39.3 Å². The SMILES string of the molecule is CC(=O)N1CCN(CCN2C(=O)N3[C@H](c4cccc(O)c4)c4[nH]c5cc(F)c(Cl)cc5c4C[C@@]3(C)C2=O)CC1. The minimum atomic E-state index is -1.19. The number of benzene rings is 2. The van der Waals surface area contributed by atoms with Gasteiger partial charge in [0.05, 0.1) is 5.02 Å². The van der Waals surface area contributed by atoms with Gasteiger partial charge in [-0.2, -0.15) is 0 Å². The first-order valence-corrected chi connectivity index (χ1v) is 13.4. The number of aromatic amines is 1. The van der Waals surface area contributed by atoms with Gasteiger partial charge in [0.15, 0.2) is 0 Å². The predicted molar refractivity (Wildman–Crippen MR) is 143 cm³/mol. The Morgan fingerprint density at radius 1 is 1.15 bits per heavy atom. The first-order chi connectivity index (χ1) is 18.6. The molecule has 2 N–H and O–H groups in total. The number of phenolic OH excluding ortho intramolecular Hbond substituents is 1. The second-order valence-corrected chi connectivity index (χ2v) is 11.1. The van der Waals surface area contributed by atoms with Crippen molar-refractivity contribution in [1.82, 2.24) is 24.6 Å². The standard InChI is InChI=1S/C28H29ClFN5O4/c1-16(36)33-9-6-32(7-10-33)8-11-34-26(38)28(2)15-20-19-13-21(29)22(30)14-23(19)31-24(20)25(35(28)27(34)39)17-4-3-5-18(37)12-17/h3-5,12-14,25,31,37H,6-11,15H2,1-2H3/t25-,28+/m1/s1. The van der Waals surface area contributed by atoms with Crippen LogP contribution in [0.5, 0.6) is 5.75 Å². The number of hydrogen-bond acceptors (Lipinski definition) is 5. The summed E-state index contributed by atoms with van der Waals surface area (Å²) in [7, 11) is 0. The van der Waals surface area contributed by atoms with Gasteiger partial charge in [0.1, 0.15) is 23.1 Å². The molecule has 204 valence electrons. The van der Waals surface area contributed by atoms with E-state index in [4.69, 9.17) is 11.6 Å². The quantitative estimate of drug-likeness (QED) is 0.482. The van der Waals surface area contributed by atoms with Crippen LogP contribution in [-0.4, -0.2) is 92.3 Å². The van der Waals surface area contributed by atoms with Crippen molar-refractivity contribution < 1.29 is 23.9 Å². The highest BCUT2D eigenvalue weighted by Gasteiger charge is 2.60. The van der Waals surface area contributed by atoms with Gasteiger partial charge in [-0.3, -0.25) is 24.3 Å². The number of piperazine rings is 1. The van der Waals surface area contributed by atoms with E-state index in [2.05, 4.69) is 9.88 Å². The fourth-order valence-electron chi connectivity index (χ4n) is 6.28. The van der Waals surface area contributed by atoms with Gasteiger partial charge in [0.2, 0.25) is 5.91 Å². The molecule has 0 spiro atoms. The van der Waals surface area contributed by atoms with Crippen molar-refractivity contribution in [1.29, 1.82) is 0 Å². The maximum atomic E-state index is 14.3. The molecule has 9 nitrogen and oxygen atoms in total. The van der Waals surface area contributed by atoms with Gasteiger partial charge in [-0.1, -0.05) is 23.7 Å². The number of hydrogen-bond donors (Lipinski definition) is 2. The maximum Gasteiger partial charge on any atom is 0.328 e. The molecule has 0 radical (unpaired) electrons. The summed E-state index contributed by atoms with van der Waals surface area (Å²) in [4.78, 5) is 49.7. The number of imide groups is 1. The Balaban J connectivity index is 1.37. The molecule has 0 aliphatic carbocycles. The van der Waals surface area contributed by atoms with Crippen LogP contribution in [0.1, 0.15) is 36.7 Å². The molecule has 39 heavy (non-hydrogen) atoms. The number of aromatic hydroxyl groups is 1. The molecule has 11 heteroatoms. The molecule has 0 unspecified atom stereocenters. The molecule has 3 aliphatic rings. The molecule has 2 aromatic carbocycles. The summed E-state index contributed by atoms with van der Waals surface area (Å²) in [6.45, 7) is 6.64. The molecular weight excluding hydrogens is 525 g/mol. The number of rotatable bonds is 4. The van der Waals surface area contributed by atoms with Crippen molar-refractivity contribution >= 4 is 40.3 Å². The molecule has 3 aromatic rings. The number of fused-ring (bicyclic) bond motifs is 4. The number of nitrogens with zero attached hydrogens (tertiary/aromatic N) is 4. The Hall–Kier alpha value is -3.63. The zero-order valence-electron chi connectivity index (χ0n) is 21.7. The lowest BCUT2D eigenvalue weighted by Gasteiger charge is -2.42.